The lowest BCUT2D eigenvalue weighted by Gasteiger charge is -2.05. The van der Waals surface area contributed by atoms with Crippen molar-refractivity contribution in [2.75, 3.05) is 18.4 Å². The van der Waals surface area contributed by atoms with Crippen LogP contribution in [0.15, 0.2) is 36.1 Å². The van der Waals surface area contributed by atoms with Crippen LogP contribution in [0.4, 0.5) is 5.13 Å². The molecule has 2 heterocycles. The van der Waals surface area contributed by atoms with E-state index in [1.807, 2.05) is 23.8 Å². The SMILES string of the molecule is c1cncc(CNCCCNc2nccs2)c1. The molecule has 0 fully saturated rings. The number of pyridine rings is 1. The Morgan fingerprint density at radius 2 is 2.24 bits per heavy atom. The molecule has 2 aromatic heterocycles. The van der Waals surface area contributed by atoms with Gasteiger partial charge in [-0.05, 0) is 24.6 Å². The Hall–Kier alpha value is -1.46. The van der Waals surface area contributed by atoms with Crippen LogP contribution in [-0.4, -0.2) is 23.1 Å². The zero-order valence-corrected chi connectivity index (χ0v) is 10.4. The van der Waals surface area contributed by atoms with Gasteiger partial charge in [0.1, 0.15) is 0 Å². The smallest absolute Gasteiger partial charge is 0.182 e. The van der Waals surface area contributed by atoms with Crippen LogP contribution in [0, 0.1) is 0 Å². The number of nitrogens with zero attached hydrogens (tertiary/aromatic N) is 2. The maximum Gasteiger partial charge on any atom is 0.182 e. The maximum absolute atomic E-state index is 4.16. The number of hydrogen-bond acceptors (Lipinski definition) is 5. The Morgan fingerprint density at radius 1 is 1.24 bits per heavy atom. The lowest BCUT2D eigenvalue weighted by Crippen LogP contribution is -2.17. The van der Waals surface area contributed by atoms with Crippen molar-refractivity contribution < 1.29 is 0 Å². The van der Waals surface area contributed by atoms with Crippen molar-refractivity contribution in [2.24, 2.45) is 0 Å². The van der Waals surface area contributed by atoms with Gasteiger partial charge in [-0.1, -0.05) is 6.07 Å². The highest BCUT2D eigenvalue weighted by molar-refractivity contribution is 7.13. The quantitative estimate of drug-likeness (QED) is 0.737. The van der Waals surface area contributed by atoms with Gasteiger partial charge in [0.2, 0.25) is 0 Å². The summed E-state index contributed by atoms with van der Waals surface area (Å²) < 4.78 is 0. The number of anilines is 1. The number of thiazole rings is 1. The number of nitrogens with one attached hydrogen (secondary N) is 2. The van der Waals surface area contributed by atoms with E-state index in [1.165, 1.54) is 5.56 Å². The molecule has 0 saturated heterocycles. The summed E-state index contributed by atoms with van der Waals surface area (Å²) in [5, 5.41) is 9.64. The van der Waals surface area contributed by atoms with Gasteiger partial charge in [0.25, 0.3) is 0 Å². The molecule has 5 heteroatoms. The molecule has 2 rings (SSSR count). The first kappa shape index (κ1) is 12.0. The lowest BCUT2D eigenvalue weighted by atomic mass is 10.3. The van der Waals surface area contributed by atoms with Gasteiger partial charge < -0.3 is 10.6 Å². The highest BCUT2D eigenvalue weighted by Gasteiger charge is 1.94. The minimum Gasteiger partial charge on any atom is -0.361 e. The van der Waals surface area contributed by atoms with Crippen LogP contribution in [0.5, 0.6) is 0 Å². The molecule has 0 bridgehead atoms. The third-order valence-corrected chi connectivity index (χ3v) is 3.02. The fourth-order valence-electron chi connectivity index (χ4n) is 1.45. The molecule has 0 aliphatic carbocycles. The van der Waals surface area contributed by atoms with Gasteiger partial charge in [0.05, 0.1) is 0 Å². The largest absolute Gasteiger partial charge is 0.361 e. The average Bonchev–Trinajstić information content (AvgIpc) is 2.88. The molecule has 0 unspecified atom stereocenters. The van der Waals surface area contributed by atoms with Crippen LogP contribution in [0.25, 0.3) is 0 Å². The minimum absolute atomic E-state index is 0.880. The highest BCUT2D eigenvalue weighted by Crippen LogP contribution is 2.09. The molecule has 0 aliphatic rings. The molecular formula is C12H16N4S. The predicted octanol–water partition coefficient (Wildman–Crippen LogP) is 2.13. The second kappa shape index (κ2) is 6.98. The van der Waals surface area contributed by atoms with Crippen LogP contribution < -0.4 is 10.6 Å². The summed E-state index contributed by atoms with van der Waals surface area (Å²) in [5.74, 6) is 0. The summed E-state index contributed by atoms with van der Waals surface area (Å²) in [6.45, 7) is 2.83. The monoisotopic (exact) mass is 248 g/mol. The van der Waals surface area contributed by atoms with E-state index in [9.17, 15) is 0 Å². The maximum atomic E-state index is 4.16. The minimum atomic E-state index is 0.880. The molecule has 0 radical (unpaired) electrons. The van der Waals surface area contributed by atoms with E-state index in [4.69, 9.17) is 0 Å². The number of hydrogen-bond donors (Lipinski definition) is 2. The van der Waals surface area contributed by atoms with Gasteiger partial charge >= 0.3 is 0 Å². The lowest BCUT2D eigenvalue weighted by molar-refractivity contribution is 0.662. The van der Waals surface area contributed by atoms with Gasteiger partial charge in [0.15, 0.2) is 5.13 Å². The topological polar surface area (TPSA) is 49.8 Å². The Labute approximate surface area is 105 Å². The molecule has 0 atom stereocenters. The first-order valence-electron chi connectivity index (χ1n) is 5.68. The molecule has 0 aliphatic heterocycles. The second-order valence-electron chi connectivity index (χ2n) is 3.66. The number of rotatable bonds is 7. The van der Waals surface area contributed by atoms with E-state index in [0.717, 1.165) is 31.2 Å². The van der Waals surface area contributed by atoms with Crippen molar-refractivity contribution >= 4 is 16.5 Å². The first-order valence-corrected chi connectivity index (χ1v) is 6.56. The van der Waals surface area contributed by atoms with Crippen molar-refractivity contribution in [3.63, 3.8) is 0 Å². The summed E-state index contributed by atoms with van der Waals surface area (Å²) in [6.07, 6.45) is 6.58. The summed E-state index contributed by atoms with van der Waals surface area (Å²) >= 11 is 1.63. The van der Waals surface area contributed by atoms with Gasteiger partial charge in [0, 0.05) is 37.1 Å². The molecule has 2 aromatic rings. The molecule has 0 amide bonds. The Bertz CT molecular complexity index is 402. The zero-order chi connectivity index (χ0) is 11.8. The summed E-state index contributed by atoms with van der Waals surface area (Å²) in [6, 6.07) is 4.04. The molecule has 17 heavy (non-hydrogen) atoms. The van der Waals surface area contributed by atoms with Crippen LogP contribution in [0.2, 0.25) is 0 Å². The van der Waals surface area contributed by atoms with Crippen molar-refractivity contribution in [1.29, 1.82) is 0 Å². The van der Waals surface area contributed by atoms with Crippen LogP contribution in [0.3, 0.4) is 0 Å². The number of aromatic nitrogens is 2. The molecule has 2 N–H and O–H groups in total. The molecule has 90 valence electrons. The van der Waals surface area contributed by atoms with E-state index in [2.05, 4.69) is 26.7 Å². The van der Waals surface area contributed by atoms with Gasteiger partial charge in [-0.3, -0.25) is 4.98 Å². The van der Waals surface area contributed by atoms with E-state index in [-0.39, 0.29) is 0 Å². The molecule has 0 spiro atoms. The second-order valence-corrected chi connectivity index (χ2v) is 4.55. The highest BCUT2D eigenvalue weighted by atomic mass is 32.1. The fourth-order valence-corrected chi connectivity index (χ4v) is 2.01. The van der Waals surface area contributed by atoms with Crippen LogP contribution in [0.1, 0.15) is 12.0 Å². The van der Waals surface area contributed by atoms with Crippen molar-refractivity contribution in [3.05, 3.63) is 41.7 Å². The van der Waals surface area contributed by atoms with E-state index < -0.39 is 0 Å². The predicted molar refractivity (Wildman–Crippen MR) is 71.2 cm³/mol. The van der Waals surface area contributed by atoms with E-state index in [1.54, 1.807) is 17.5 Å². The summed E-state index contributed by atoms with van der Waals surface area (Å²) in [7, 11) is 0. The van der Waals surface area contributed by atoms with Gasteiger partial charge in [-0.2, -0.15) is 0 Å². The Morgan fingerprint density at radius 3 is 3.00 bits per heavy atom. The van der Waals surface area contributed by atoms with E-state index in [0.29, 0.717) is 0 Å². The van der Waals surface area contributed by atoms with Crippen molar-refractivity contribution in [3.8, 4) is 0 Å². The molecule has 0 aromatic carbocycles. The Balaban J connectivity index is 1.52. The summed E-state index contributed by atoms with van der Waals surface area (Å²) in [5.41, 5.74) is 1.22. The standard InChI is InChI=1S/C12H16N4S/c1-3-11(9-13-4-1)10-14-5-2-6-15-12-16-7-8-17-12/h1,3-4,7-9,14H,2,5-6,10H2,(H,15,16). The van der Waals surface area contributed by atoms with Gasteiger partial charge in [-0.15, -0.1) is 11.3 Å². The van der Waals surface area contributed by atoms with Crippen molar-refractivity contribution in [1.82, 2.24) is 15.3 Å². The molecule has 0 saturated carbocycles. The first-order chi connectivity index (χ1) is 8.45. The van der Waals surface area contributed by atoms with Crippen molar-refractivity contribution in [2.45, 2.75) is 13.0 Å². The normalized spacial score (nSPS) is 10.4. The molecular weight excluding hydrogens is 232 g/mol. The summed E-state index contributed by atoms with van der Waals surface area (Å²) in [4.78, 5) is 8.23. The third-order valence-electron chi connectivity index (χ3n) is 2.29. The van der Waals surface area contributed by atoms with Crippen LogP contribution >= 0.6 is 11.3 Å². The van der Waals surface area contributed by atoms with E-state index >= 15 is 0 Å². The fraction of sp³-hybridized carbons (Fsp3) is 0.333. The molecule has 4 nitrogen and oxygen atoms in total. The average molecular weight is 248 g/mol. The Kier molecular flexibility index (Phi) is 4.93. The third kappa shape index (κ3) is 4.50. The zero-order valence-electron chi connectivity index (χ0n) is 9.60. The van der Waals surface area contributed by atoms with Gasteiger partial charge in [-0.25, -0.2) is 4.98 Å². The van der Waals surface area contributed by atoms with Crippen LogP contribution in [-0.2, 0) is 6.54 Å².